The van der Waals surface area contributed by atoms with Gasteiger partial charge in [0.05, 0.1) is 31.0 Å². The molecule has 35 heavy (non-hydrogen) atoms. The van der Waals surface area contributed by atoms with Crippen LogP contribution in [-0.2, 0) is 0 Å². The Morgan fingerprint density at radius 2 is 1.49 bits per heavy atom. The van der Waals surface area contributed by atoms with Crippen molar-refractivity contribution < 1.29 is 14.3 Å². The number of para-hydroxylation sites is 2. The van der Waals surface area contributed by atoms with Crippen LogP contribution in [0.15, 0.2) is 72.8 Å². The smallest absolute Gasteiger partial charge is 0.251 e. The first kappa shape index (κ1) is 24.0. The summed E-state index contributed by atoms with van der Waals surface area (Å²) >= 11 is 0. The van der Waals surface area contributed by atoms with Gasteiger partial charge in [-0.15, -0.1) is 5.10 Å². The normalized spacial score (nSPS) is 10.9. The van der Waals surface area contributed by atoms with Crippen LogP contribution in [0.4, 0.5) is 0 Å². The molecule has 0 bridgehead atoms. The first-order chi connectivity index (χ1) is 17.0. The van der Waals surface area contributed by atoms with Gasteiger partial charge in [-0.3, -0.25) is 4.79 Å². The fourth-order valence-corrected chi connectivity index (χ4v) is 3.69. The summed E-state index contributed by atoms with van der Waals surface area (Å²) in [6, 6.07) is 22.6. The zero-order valence-corrected chi connectivity index (χ0v) is 20.4. The Kier molecular flexibility index (Phi) is 7.42. The lowest BCUT2D eigenvalue weighted by atomic mass is 10.1. The molecular weight excluding hydrogens is 442 g/mol. The highest BCUT2D eigenvalue weighted by Gasteiger charge is 2.20. The molecular formula is C27H29N5O3. The molecule has 1 amide bonds. The average Bonchev–Trinajstić information content (AvgIpc) is 3.33. The van der Waals surface area contributed by atoms with Gasteiger partial charge in [0.2, 0.25) is 0 Å². The Labute approximate surface area is 205 Å². The van der Waals surface area contributed by atoms with E-state index >= 15 is 0 Å². The summed E-state index contributed by atoms with van der Waals surface area (Å²) in [4.78, 5) is 19.4. The maximum absolute atomic E-state index is 12.5. The molecule has 1 aromatic heterocycles. The van der Waals surface area contributed by atoms with Crippen LogP contribution < -0.4 is 14.8 Å². The third-order valence-corrected chi connectivity index (χ3v) is 5.52. The monoisotopic (exact) mass is 471 g/mol. The van der Waals surface area contributed by atoms with Crippen molar-refractivity contribution in [3.05, 3.63) is 78.4 Å². The van der Waals surface area contributed by atoms with Gasteiger partial charge in [-0.25, -0.2) is 9.67 Å². The van der Waals surface area contributed by atoms with E-state index in [2.05, 4.69) is 5.32 Å². The maximum atomic E-state index is 12.5. The second-order valence-electron chi connectivity index (χ2n) is 8.18. The summed E-state index contributed by atoms with van der Waals surface area (Å²) in [5.41, 5.74) is 2.93. The van der Waals surface area contributed by atoms with Gasteiger partial charge in [-0.05, 0) is 62.6 Å². The molecule has 0 atom stereocenters. The lowest BCUT2D eigenvalue weighted by molar-refractivity contribution is 0.0951. The molecule has 0 saturated carbocycles. The standard InChI is InChI=1S/C27H29N5O3/c1-31(2)18-17-28-27(33)19-13-15-20(16-14-19)32-26(22-10-6-8-12-24(22)35-4)29-25(30-32)21-9-5-7-11-23(21)34-3/h5-16H,17-18H2,1-4H3,(H,28,33). The quantitative estimate of drug-likeness (QED) is 0.399. The van der Waals surface area contributed by atoms with Crippen molar-refractivity contribution >= 4 is 5.91 Å². The number of carbonyl (C=O) groups is 1. The Bertz CT molecular complexity index is 1300. The number of ether oxygens (including phenoxy) is 2. The molecule has 4 rings (SSSR count). The minimum Gasteiger partial charge on any atom is -0.496 e. The van der Waals surface area contributed by atoms with E-state index in [1.54, 1.807) is 31.0 Å². The van der Waals surface area contributed by atoms with E-state index in [0.29, 0.717) is 35.3 Å². The molecule has 0 aliphatic rings. The molecule has 0 spiro atoms. The number of likely N-dealkylation sites (N-methyl/N-ethyl adjacent to an activating group) is 1. The van der Waals surface area contributed by atoms with Crippen molar-refractivity contribution in [1.29, 1.82) is 0 Å². The summed E-state index contributed by atoms with van der Waals surface area (Å²) in [5.74, 6) is 2.39. The molecule has 0 aliphatic heterocycles. The molecule has 8 nitrogen and oxygen atoms in total. The fraction of sp³-hybridized carbons (Fsp3) is 0.222. The van der Waals surface area contributed by atoms with Crippen molar-refractivity contribution in [2.45, 2.75) is 0 Å². The highest BCUT2D eigenvalue weighted by atomic mass is 16.5. The molecule has 0 saturated heterocycles. The van der Waals surface area contributed by atoms with E-state index in [9.17, 15) is 4.79 Å². The van der Waals surface area contributed by atoms with Gasteiger partial charge < -0.3 is 19.7 Å². The van der Waals surface area contributed by atoms with Gasteiger partial charge in [0.15, 0.2) is 11.6 Å². The minimum atomic E-state index is -0.114. The van der Waals surface area contributed by atoms with Gasteiger partial charge in [0.1, 0.15) is 11.5 Å². The number of methoxy groups -OCH3 is 2. The third kappa shape index (κ3) is 5.33. The largest absolute Gasteiger partial charge is 0.496 e. The molecule has 1 heterocycles. The van der Waals surface area contributed by atoms with Crippen LogP contribution >= 0.6 is 0 Å². The van der Waals surface area contributed by atoms with Gasteiger partial charge in [0.25, 0.3) is 5.91 Å². The van der Waals surface area contributed by atoms with Gasteiger partial charge in [0, 0.05) is 18.7 Å². The van der Waals surface area contributed by atoms with E-state index in [1.807, 2.05) is 79.7 Å². The predicted molar refractivity (Wildman–Crippen MR) is 136 cm³/mol. The Balaban J connectivity index is 1.75. The molecule has 0 radical (unpaired) electrons. The van der Waals surface area contributed by atoms with Crippen LogP contribution in [0.25, 0.3) is 28.5 Å². The molecule has 4 aromatic rings. The minimum absolute atomic E-state index is 0.114. The zero-order chi connectivity index (χ0) is 24.8. The predicted octanol–water partition coefficient (Wildman–Crippen LogP) is 3.91. The van der Waals surface area contributed by atoms with Crippen LogP contribution in [0.1, 0.15) is 10.4 Å². The summed E-state index contributed by atoms with van der Waals surface area (Å²) in [5, 5.41) is 7.75. The van der Waals surface area contributed by atoms with Crippen molar-refractivity contribution in [1.82, 2.24) is 25.0 Å². The van der Waals surface area contributed by atoms with E-state index < -0.39 is 0 Å². The highest BCUT2D eigenvalue weighted by molar-refractivity contribution is 5.94. The van der Waals surface area contributed by atoms with Crippen LogP contribution in [-0.4, -0.2) is 67.0 Å². The summed E-state index contributed by atoms with van der Waals surface area (Å²) in [7, 11) is 7.19. The summed E-state index contributed by atoms with van der Waals surface area (Å²) in [6.45, 7) is 1.35. The lowest BCUT2D eigenvalue weighted by Crippen LogP contribution is -2.31. The van der Waals surface area contributed by atoms with E-state index in [4.69, 9.17) is 19.6 Å². The van der Waals surface area contributed by atoms with Gasteiger partial charge >= 0.3 is 0 Å². The van der Waals surface area contributed by atoms with Crippen molar-refractivity contribution in [3.8, 4) is 40.0 Å². The SMILES string of the molecule is COc1ccccc1-c1nc(-c2ccccc2OC)n(-c2ccc(C(=O)NCCN(C)C)cc2)n1. The first-order valence-corrected chi connectivity index (χ1v) is 11.3. The Morgan fingerprint density at radius 1 is 0.886 bits per heavy atom. The van der Waals surface area contributed by atoms with Crippen molar-refractivity contribution in [2.75, 3.05) is 41.4 Å². The van der Waals surface area contributed by atoms with Crippen LogP contribution in [0.3, 0.4) is 0 Å². The topological polar surface area (TPSA) is 81.5 Å². The van der Waals surface area contributed by atoms with Crippen LogP contribution in [0.5, 0.6) is 11.5 Å². The number of hydrogen-bond acceptors (Lipinski definition) is 6. The zero-order valence-electron chi connectivity index (χ0n) is 20.4. The second kappa shape index (κ2) is 10.8. The third-order valence-electron chi connectivity index (χ3n) is 5.52. The molecule has 0 fully saturated rings. The number of hydrogen-bond donors (Lipinski definition) is 1. The number of amides is 1. The van der Waals surface area contributed by atoms with Crippen LogP contribution in [0, 0.1) is 0 Å². The van der Waals surface area contributed by atoms with Crippen molar-refractivity contribution in [3.63, 3.8) is 0 Å². The second-order valence-corrected chi connectivity index (χ2v) is 8.18. The number of nitrogens with zero attached hydrogens (tertiary/aromatic N) is 4. The molecule has 0 unspecified atom stereocenters. The number of aromatic nitrogens is 3. The summed E-state index contributed by atoms with van der Waals surface area (Å²) in [6.07, 6.45) is 0. The number of nitrogens with one attached hydrogen (secondary N) is 1. The van der Waals surface area contributed by atoms with E-state index in [1.165, 1.54) is 0 Å². The average molecular weight is 472 g/mol. The Hall–Kier alpha value is -4.17. The van der Waals surface area contributed by atoms with Crippen molar-refractivity contribution in [2.24, 2.45) is 0 Å². The maximum Gasteiger partial charge on any atom is 0.251 e. The molecule has 1 N–H and O–H groups in total. The van der Waals surface area contributed by atoms with E-state index in [0.717, 1.165) is 23.4 Å². The highest BCUT2D eigenvalue weighted by Crippen LogP contribution is 2.34. The first-order valence-electron chi connectivity index (χ1n) is 11.3. The lowest BCUT2D eigenvalue weighted by Gasteiger charge is -2.11. The molecule has 3 aromatic carbocycles. The van der Waals surface area contributed by atoms with Gasteiger partial charge in [-0.2, -0.15) is 0 Å². The summed E-state index contributed by atoms with van der Waals surface area (Å²) < 4.78 is 12.9. The molecule has 8 heteroatoms. The Morgan fingerprint density at radius 3 is 2.11 bits per heavy atom. The van der Waals surface area contributed by atoms with E-state index in [-0.39, 0.29) is 5.91 Å². The fourth-order valence-electron chi connectivity index (χ4n) is 3.69. The van der Waals surface area contributed by atoms with Gasteiger partial charge in [-0.1, -0.05) is 24.3 Å². The number of rotatable bonds is 9. The van der Waals surface area contributed by atoms with Crippen LogP contribution in [0.2, 0.25) is 0 Å². The number of carbonyl (C=O) groups excluding carboxylic acids is 1. The molecule has 0 aliphatic carbocycles. The molecule has 180 valence electrons. The number of benzene rings is 3.